The van der Waals surface area contributed by atoms with Crippen molar-refractivity contribution in [1.29, 1.82) is 0 Å². The van der Waals surface area contributed by atoms with E-state index in [1.54, 1.807) is 11.9 Å². The van der Waals surface area contributed by atoms with E-state index in [-0.39, 0.29) is 26.0 Å². The van der Waals surface area contributed by atoms with Gasteiger partial charge >= 0.3 is 18.6 Å². The molecule has 0 amide bonds. The van der Waals surface area contributed by atoms with E-state index in [4.69, 9.17) is 0 Å². The molecular formula is C19H33N3S2V. The van der Waals surface area contributed by atoms with Crippen molar-refractivity contribution in [1.82, 2.24) is 9.21 Å². The van der Waals surface area contributed by atoms with Gasteiger partial charge < -0.3 is 17.0 Å². The summed E-state index contributed by atoms with van der Waals surface area (Å²) in [6.07, 6.45) is 2.52. The maximum Gasteiger partial charge on any atom is 2.00 e. The summed E-state index contributed by atoms with van der Waals surface area (Å²) in [6, 6.07) is 11.3. The zero-order chi connectivity index (χ0) is 16.5. The maximum atomic E-state index is 4.35. The van der Waals surface area contributed by atoms with Crippen LogP contribution in [0.3, 0.4) is 0 Å². The summed E-state index contributed by atoms with van der Waals surface area (Å²) < 4.78 is 6.83. The van der Waals surface area contributed by atoms with Gasteiger partial charge in [-0.1, -0.05) is 48.7 Å². The van der Waals surface area contributed by atoms with E-state index in [1.807, 2.05) is 11.9 Å². The van der Waals surface area contributed by atoms with E-state index in [2.05, 4.69) is 65.2 Å². The van der Waals surface area contributed by atoms with Gasteiger partial charge in [0.15, 0.2) is 0 Å². The topological polar surface area (TPSA) is 20.6 Å². The molecule has 0 aliphatic carbocycles. The second-order valence-electron chi connectivity index (χ2n) is 6.37. The molecule has 1 aromatic carbocycles. The molecule has 6 heteroatoms. The second kappa shape index (κ2) is 14.4. The number of hydrogen-bond acceptors (Lipinski definition) is 4. The van der Waals surface area contributed by atoms with Crippen molar-refractivity contribution in [3.05, 3.63) is 48.0 Å². The fraction of sp³-hybridized carbons (Fsp3) is 0.632. The first-order valence-corrected chi connectivity index (χ1v) is 10.4. The molecule has 3 nitrogen and oxygen atoms in total. The summed E-state index contributed by atoms with van der Waals surface area (Å²) in [7, 11) is 2.20. The predicted molar refractivity (Wildman–Crippen MR) is 112 cm³/mol. The molecule has 2 aliphatic rings. The van der Waals surface area contributed by atoms with Gasteiger partial charge in [0.25, 0.3) is 0 Å². The number of hydrogen-bond donors (Lipinski definition) is 0. The monoisotopic (exact) mass is 418 g/mol. The fourth-order valence-corrected chi connectivity index (χ4v) is 4.70. The molecule has 0 N–H and O–H groups in total. The van der Waals surface area contributed by atoms with Crippen LogP contribution in [0.1, 0.15) is 37.5 Å². The molecule has 2 fully saturated rings. The van der Waals surface area contributed by atoms with Gasteiger partial charge in [0.05, 0.1) is 0 Å². The molecule has 2 aliphatic heterocycles. The third-order valence-electron chi connectivity index (χ3n) is 4.10. The normalized spacial score (nSPS) is 22.0. The molecule has 2 heterocycles. The summed E-state index contributed by atoms with van der Waals surface area (Å²) >= 11 is 3.73. The van der Waals surface area contributed by atoms with Crippen LogP contribution < -0.4 is 0 Å². The van der Waals surface area contributed by atoms with Gasteiger partial charge in [-0.3, -0.25) is 11.9 Å². The Bertz CT molecular complexity index is 428. The summed E-state index contributed by atoms with van der Waals surface area (Å²) in [5.41, 5.74) is 1.42. The molecule has 3 rings (SSSR count). The predicted octanol–water partition coefficient (Wildman–Crippen LogP) is 5.28. The molecule has 1 aromatic rings. The molecule has 141 valence electrons. The van der Waals surface area contributed by atoms with E-state index >= 15 is 0 Å². The van der Waals surface area contributed by atoms with Gasteiger partial charge in [-0.25, -0.2) is 4.31 Å². The SMILES string of the molecule is CC(C)N1CCN(C)CCS1.[CH3-].[V+2].c1ccc(C2CCC[N-]S2)cc1. The standard InChI is InChI=1S/C10H12NS.C8H18N2S.CH3.V/c1-2-5-9(6-3-1)10-7-4-8-11-12-10;1-8(2)10-5-4-9(3)6-7-11-10;;/h1-3,5-6,10H,4,7-8H2;8H,4-7H2,1-3H3;1H3;/q-1;;-1;+2. The van der Waals surface area contributed by atoms with Crippen LogP contribution in [-0.4, -0.2) is 54.2 Å². The van der Waals surface area contributed by atoms with Crippen LogP contribution in [0.25, 0.3) is 4.72 Å². The summed E-state index contributed by atoms with van der Waals surface area (Å²) in [6.45, 7) is 9.21. The van der Waals surface area contributed by atoms with E-state index in [0.717, 1.165) is 6.54 Å². The number of likely N-dealkylation sites (N-methyl/N-ethyl adjacent to an activating group) is 1. The van der Waals surface area contributed by atoms with Crippen molar-refractivity contribution in [2.24, 2.45) is 0 Å². The van der Waals surface area contributed by atoms with Gasteiger partial charge in [-0.05, 0) is 32.9 Å². The van der Waals surface area contributed by atoms with Crippen LogP contribution in [0.5, 0.6) is 0 Å². The first kappa shape index (κ1) is 25.4. The van der Waals surface area contributed by atoms with Gasteiger partial charge in [0.2, 0.25) is 0 Å². The molecule has 0 spiro atoms. The first-order chi connectivity index (χ1) is 11.2. The Morgan fingerprint density at radius 1 is 1.12 bits per heavy atom. The van der Waals surface area contributed by atoms with Crippen LogP contribution in [0.2, 0.25) is 0 Å². The number of benzene rings is 1. The molecule has 1 unspecified atom stereocenters. The summed E-state index contributed by atoms with van der Waals surface area (Å²) in [5.74, 6) is 1.24. The number of nitrogens with zero attached hydrogens (tertiary/aromatic N) is 3. The Labute approximate surface area is 176 Å². The quantitative estimate of drug-likeness (QED) is 0.481. The molecule has 0 aromatic heterocycles. The summed E-state index contributed by atoms with van der Waals surface area (Å²) in [4.78, 5) is 2.40. The average Bonchev–Trinajstić information content (AvgIpc) is 2.82. The Kier molecular flexibility index (Phi) is 14.7. The van der Waals surface area contributed by atoms with E-state index < -0.39 is 0 Å². The van der Waals surface area contributed by atoms with Crippen molar-refractivity contribution in [3.63, 3.8) is 0 Å². The molecule has 0 bridgehead atoms. The van der Waals surface area contributed by atoms with Gasteiger partial charge in [0.1, 0.15) is 0 Å². The Morgan fingerprint density at radius 2 is 1.84 bits per heavy atom. The van der Waals surface area contributed by atoms with E-state index in [0.29, 0.717) is 11.3 Å². The Hall–Kier alpha value is 0.384. The van der Waals surface area contributed by atoms with E-state index in [1.165, 1.54) is 43.8 Å². The van der Waals surface area contributed by atoms with Crippen LogP contribution in [0, 0.1) is 7.43 Å². The third-order valence-corrected chi connectivity index (χ3v) is 6.49. The van der Waals surface area contributed by atoms with Gasteiger partial charge in [-0.2, -0.15) is 0 Å². The zero-order valence-electron chi connectivity index (χ0n) is 16.1. The molecule has 2 saturated heterocycles. The van der Waals surface area contributed by atoms with Crippen molar-refractivity contribution in [3.8, 4) is 0 Å². The van der Waals surface area contributed by atoms with Crippen LogP contribution in [0.4, 0.5) is 0 Å². The molecule has 1 radical (unpaired) electrons. The van der Waals surface area contributed by atoms with Crippen molar-refractivity contribution >= 4 is 23.9 Å². The first-order valence-electron chi connectivity index (χ1n) is 8.62. The van der Waals surface area contributed by atoms with Crippen molar-refractivity contribution in [2.75, 3.05) is 39.0 Å². The average molecular weight is 419 g/mol. The van der Waals surface area contributed by atoms with E-state index in [9.17, 15) is 0 Å². The zero-order valence-corrected chi connectivity index (χ0v) is 19.1. The van der Waals surface area contributed by atoms with Crippen molar-refractivity contribution in [2.45, 2.75) is 38.0 Å². The maximum absolute atomic E-state index is 4.35. The minimum absolute atomic E-state index is 0. The smallest absolute Gasteiger partial charge is 0.606 e. The molecule has 0 saturated carbocycles. The van der Waals surface area contributed by atoms with Crippen molar-refractivity contribution < 1.29 is 18.6 Å². The minimum Gasteiger partial charge on any atom is -0.606 e. The summed E-state index contributed by atoms with van der Waals surface area (Å²) in [5, 5.41) is 0.611. The minimum atomic E-state index is 0. The Morgan fingerprint density at radius 3 is 2.44 bits per heavy atom. The largest absolute Gasteiger partial charge is 2.00 e. The third kappa shape index (κ3) is 9.76. The van der Waals surface area contributed by atoms with Gasteiger partial charge in [0, 0.05) is 36.7 Å². The fourth-order valence-electron chi connectivity index (χ4n) is 2.60. The molecular weight excluding hydrogens is 385 g/mol. The second-order valence-corrected chi connectivity index (χ2v) is 8.54. The van der Waals surface area contributed by atoms with Gasteiger partial charge in [-0.15, -0.1) is 6.54 Å². The van der Waals surface area contributed by atoms with Crippen LogP contribution in [0.15, 0.2) is 30.3 Å². The molecule has 1 atom stereocenters. The van der Waals surface area contributed by atoms with Crippen LogP contribution >= 0.6 is 23.9 Å². The Balaban J connectivity index is 0.000000429. The molecule has 25 heavy (non-hydrogen) atoms. The van der Waals surface area contributed by atoms with Crippen LogP contribution in [-0.2, 0) is 18.6 Å². The number of rotatable bonds is 2.